The Bertz CT molecular complexity index is 380. The van der Waals surface area contributed by atoms with Crippen molar-refractivity contribution in [3.05, 3.63) is 36.2 Å². The lowest BCUT2D eigenvalue weighted by molar-refractivity contribution is 0.0534. The van der Waals surface area contributed by atoms with Gasteiger partial charge in [-0.1, -0.05) is 12.1 Å². The second kappa shape index (κ2) is 6.03. The number of hydrogen-bond donors (Lipinski definition) is 1. The molecule has 0 saturated heterocycles. The number of pyridine rings is 1. The van der Waals surface area contributed by atoms with Crippen molar-refractivity contribution in [2.75, 3.05) is 6.54 Å². The molecule has 17 heavy (non-hydrogen) atoms. The lowest BCUT2D eigenvalue weighted by Crippen LogP contribution is -2.32. The van der Waals surface area contributed by atoms with Crippen LogP contribution in [0, 0.1) is 0 Å². The molecular weight excluding hydrogens is 216 g/mol. The number of rotatable bonds is 3. The third-order valence-electron chi connectivity index (χ3n) is 1.74. The largest absolute Gasteiger partial charge is 0.444 e. The smallest absolute Gasteiger partial charge is 0.407 e. The first kappa shape index (κ1) is 13.2. The fraction of sp³-hybridized carbons (Fsp3) is 0.385. The van der Waals surface area contributed by atoms with Crippen LogP contribution in [0.1, 0.15) is 26.5 Å². The molecule has 0 aromatic carbocycles. The van der Waals surface area contributed by atoms with Gasteiger partial charge in [0.25, 0.3) is 0 Å². The average Bonchev–Trinajstić information content (AvgIpc) is 2.23. The zero-order valence-corrected chi connectivity index (χ0v) is 10.4. The van der Waals surface area contributed by atoms with Crippen LogP contribution in [0.15, 0.2) is 30.5 Å². The van der Waals surface area contributed by atoms with Crippen LogP contribution in [0.4, 0.5) is 4.79 Å². The number of amides is 1. The van der Waals surface area contributed by atoms with Gasteiger partial charge in [-0.15, -0.1) is 0 Å². The predicted octanol–water partition coefficient (Wildman–Crippen LogP) is 2.62. The minimum atomic E-state index is -0.464. The number of ether oxygens (including phenoxy) is 1. The molecule has 4 nitrogen and oxygen atoms in total. The maximum atomic E-state index is 11.3. The quantitative estimate of drug-likeness (QED) is 0.874. The summed E-state index contributed by atoms with van der Waals surface area (Å²) in [5.41, 5.74) is 0.396. The average molecular weight is 234 g/mol. The molecule has 1 aromatic rings. The van der Waals surface area contributed by atoms with Crippen LogP contribution in [0.3, 0.4) is 0 Å². The predicted molar refractivity (Wildman–Crippen MR) is 67.5 cm³/mol. The number of carbonyl (C=O) groups excluding carboxylic acids is 1. The number of hydrogen-bond acceptors (Lipinski definition) is 3. The first-order valence-electron chi connectivity index (χ1n) is 5.52. The van der Waals surface area contributed by atoms with Gasteiger partial charge in [0.2, 0.25) is 0 Å². The van der Waals surface area contributed by atoms with E-state index in [1.54, 1.807) is 6.20 Å². The summed E-state index contributed by atoms with van der Waals surface area (Å²) in [6.07, 6.45) is 4.98. The molecule has 0 aliphatic rings. The van der Waals surface area contributed by atoms with E-state index in [0.29, 0.717) is 6.54 Å². The highest BCUT2D eigenvalue weighted by Gasteiger charge is 2.14. The Morgan fingerprint density at radius 3 is 2.82 bits per heavy atom. The molecule has 0 aliphatic carbocycles. The van der Waals surface area contributed by atoms with Gasteiger partial charge in [-0.25, -0.2) is 4.79 Å². The van der Waals surface area contributed by atoms with Crippen molar-refractivity contribution in [3.63, 3.8) is 0 Å². The second-order valence-corrected chi connectivity index (χ2v) is 4.54. The molecule has 1 aromatic heterocycles. The summed E-state index contributed by atoms with van der Waals surface area (Å²) in [6.45, 7) is 5.91. The maximum Gasteiger partial charge on any atom is 0.407 e. The summed E-state index contributed by atoms with van der Waals surface area (Å²) in [5, 5.41) is 2.63. The SMILES string of the molecule is CC(C)(C)OC(=O)NCC=Cc1ccccn1. The molecule has 0 atom stereocenters. The van der Waals surface area contributed by atoms with Gasteiger partial charge in [-0.3, -0.25) is 4.98 Å². The Balaban J connectivity index is 2.29. The Kier molecular flexibility index (Phi) is 4.69. The zero-order valence-electron chi connectivity index (χ0n) is 10.4. The van der Waals surface area contributed by atoms with Crippen LogP contribution in [0.25, 0.3) is 6.08 Å². The van der Waals surface area contributed by atoms with Crippen molar-refractivity contribution in [1.82, 2.24) is 10.3 Å². The second-order valence-electron chi connectivity index (χ2n) is 4.54. The van der Waals surface area contributed by atoms with E-state index in [9.17, 15) is 4.79 Å². The number of alkyl carbamates (subject to hydrolysis) is 1. The summed E-state index contributed by atoms with van der Waals surface area (Å²) in [4.78, 5) is 15.4. The fourth-order valence-corrected chi connectivity index (χ4v) is 1.11. The Labute approximate surface area is 102 Å². The van der Waals surface area contributed by atoms with Gasteiger partial charge < -0.3 is 10.1 Å². The first-order valence-corrected chi connectivity index (χ1v) is 5.52. The van der Waals surface area contributed by atoms with E-state index >= 15 is 0 Å². The van der Waals surface area contributed by atoms with Crippen LogP contribution >= 0.6 is 0 Å². The molecule has 0 spiro atoms. The van der Waals surface area contributed by atoms with Gasteiger partial charge in [-0.2, -0.15) is 0 Å². The van der Waals surface area contributed by atoms with Crippen LogP contribution < -0.4 is 5.32 Å². The molecule has 0 bridgehead atoms. The summed E-state index contributed by atoms with van der Waals surface area (Å²) in [6, 6.07) is 5.66. The summed E-state index contributed by atoms with van der Waals surface area (Å²) < 4.78 is 5.09. The molecule has 92 valence electrons. The van der Waals surface area contributed by atoms with Crippen molar-refractivity contribution in [2.45, 2.75) is 26.4 Å². The Hall–Kier alpha value is -1.84. The molecule has 0 aliphatic heterocycles. The van der Waals surface area contributed by atoms with Gasteiger partial charge in [0, 0.05) is 12.7 Å². The molecule has 0 fully saturated rings. The van der Waals surface area contributed by atoms with Gasteiger partial charge in [0.05, 0.1) is 5.69 Å². The van der Waals surface area contributed by atoms with Crippen LogP contribution in [-0.2, 0) is 4.74 Å². The minimum Gasteiger partial charge on any atom is -0.444 e. The van der Waals surface area contributed by atoms with Gasteiger partial charge in [0.15, 0.2) is 0 Å². The Morgan fingerprint density at radius 1 is 1.47 bits per heavy atom. The molecule has 4 heteroatoms. The number of carbonyl (C=O) groups is 1. The van der Waals surface area contributed by atoms with Crippen molar-refractivity contribution in [1.29, 1.82) is 0 Å². The molecule has 1 rings (SSSR count). The topological polar surface area (TPSA) is 51.2 Å². The first-order chi connectivity index (χ1) is 7.97. The summed E-state index contributed by atoms with van der Waals surface area (Å²) in [5.74, 6) is 0. The third kappa shape index (κ3) is 6.35. The van der Waals surface area contributed by atoms with E-state index in [1.165, 1.54) is 0 Å². The number of aromatic nitrogens is 1. The standard InChI is InChI=1S/C13H18N2O2/c1-13(2,3)17-12(16)15-10-6-8-11-7-4-5-9-14-11/h4-9H,10H2,1-3H3,(H,15,16). The van der Waals surface area contributed by atoms with Crippen LogP contribution in [-0.4, -0.2) is 23.2 Å². The van der Waals surface area contributed by atoms with E-state index in [0.717, 1.165) is 5.69 Å². The van der Waals surface area contributed by atoms with Crippen LogP contribution in [0.5, 0.6) is 0 Å². The molecule has 1 heterocycles. The molecular formula is C13H18N2O2. The van der Waals surface area contributed by atoms with Crippen molar-refractivity contribution in [2.24, 2.45) is 0 Å². The third-order valence-corrected chi connectivity index (χ3v) is 1.74. The highest BCUT2D eigenvalue weighted by Crippen LogP contribution is 2.06. The van der Waals surface area contributed by atoms with E-state index in [2.05, 4.69) is 10.3 Å². The lowest BCUT2D eigenvalue weighted by Gasteiger charge is -2.19. The highest BCUT2D eigenvalue weighted by atomic mass is 16.6. The summed E-state index contributed by atoms with van der Waals surface area (Å²) >= 11 is 0. The van der Waals surface area contributed by atoms with Gasteiger partial charge in [0.1, 0.15) is 5.60 Å². The maximum absolute atomic E-state index is 11.3. The molecule has 0 unspecified atom stereocenters. The fourth-order valence-electron chi connectivity index (χ4n) is 1.11. The number of nitrogens with one attached hydrogen (secondary N) is 1. The molecule has 1 amide bonds. The Morgan fingerprint density at radius 2 is 2.24 bits per heavy atom. The highest BCUT2D eigenvalue weighted by molar-refractivity contribution is 5.68. The molecule has 1 N–H and O–H groups in total. The van der Waals surface area contributed by atoms with E-state index in [-0.39, 0.29) is 0 Å². The van der Waals surface area contributed by atoms with Crippen molar-refractivity contribution >= 4 is 12.2 Å². The normalized spacial score (nSPS) is 11.5. The molecule has 0 saturated carbocycles. The zero-order chi connectivity index (χ0) is 12.7. The van der Waals surface area contributed by atoms with Gasteiger partial charge in [-0.05, 0) is 39.0 Å². The van der Waals surface area contributed by atoms with Crippen LogP contribution in [0.2, 0.25) is 0 Å². The van der Waals surface area contributed by atoms with Gasteiger partial charge >= 0.3 is 6.09 Å². The summed E-state index contributed by atoms with van der Waals surface area (Å²) in [7, 11) is 0. The van der Waals surface area contributed by atoms with E-state index < -0.39 is 11.7 Å². The van der Waals surface area contributed by atoms with Crippen molar-refractivity contribution in [3.8, 4) is 0 Å². The van der Waals surface area contributed by atoms with E-state index in [4.69, 9.17) is 4.74 Å². The molecule has 0 radical (unpaired) electrons. The lowest BCUT2D eigenvalue weighted by atomic mass is 10.2. The van der Waals surface area contributed by atoms with Crippen molar-refractivity contribution < 1.29 is 9.53 Å². The monoisotopic (exact) mass is 234 g/mol. The van der Waals surface area contributed by atoms with E-state index in [1.807, 2.05) is 51.1 Å². The number of nitrogens with zero attached hydrogens (tertiary/aromatic N) is 1. The minimum absolute atomic E-state index is 0.414.